The van der Waals surface area contributed by atoms with E-state index in [-0.39, 0.29) is 6.54 Å². The summed E-state index contributed by atoms with van der Waals surface area (Å²) in [5, 5.41) is 0.812. The number of nitrogens with two attached hydrogens (primary N) is 1. The number of halogens is 3. The number of hydrogen-bond acceptors (Lipinski definition) is 1. The molecule has 2 rings (SSSR count). The number of aromatic nitrogens is 1. The zero-order valence-corrected chi connectivity index (χ0v) is 9.38. The van der Waals surface area contributed by atoms with Gasteiger partial charge in [0, 0.05) is 23.3 Å². The molecule has 0 fully saturated rings. The highest BCUT2D eigenvalue weighted by atomic mass is 19.4. The first-order valence-corrected chi connectivity index (χ1v) is 5.29. The van der Waals surface area contributed by atoms with Crippen molar-refractivity contribution in [3.05, 3.63) is 30.0 Å². The molecule has 0 saturated carbocycles. The van der Waals surface area contributed by atoms with Crippen LogP contribution in [0.2, 0.25) is 0 Å². The molecule has 0 radical (unpaired) electrons. The van der Waals surface area contributed by atoms with Crippen molar-refractivity contribution >= 4 is 16.6 Å². The molecule has 2 aromatic rings. The molecule has 17 heavy (non-hydrogen) atoms. The molecule has 0 amide bonds. The van der Waals surface area contributed by atoms with E-state index in [4.69, 9.17) is 5.73 Å². The highest BCUT2D eigenvalue weighted by molar-refractivity contribution is 5.92. The molecule has 0 atom stereocenters. The van der Waals surface area contributed by atoms with Crippen LogP contribution < -0.4 is 5.73 Å². The summed E-state index contributed by atoms with van der Waals surface area (Å²) in [4.78, 5) is 0. The Balaban J connectivity index is 2.40. The van der Waals surface area contributed by atoms with Gasteiger partial charge < -0.3 is 10.3 Å². The van der Waals surface area contributed by atoms with Crippen LogP contribution in [0.5, 0.6) is 0 Å². The van der Waals surface area contributed by atoms with E-state index in [9.17, 15) is 13.2 Å². The van der Waals surface area contributed by atoms with Gasteiger partial charge in [-0.3, -0.25) is 0 Å². The number of benzene rings is 1. The van der Waals surface area contributed by atoms with Crippen molar-refractivity contribution in [2.75, 3.05) is 5.73 Å². The summed E-state index contributed by atoms with van der Waals surface area (Å²) in [5.41, 5.74) is 7.93. The molecule has 2 N–H and O–H groups in total. The van der Waals surface area contributed by atoms with E-state index < -0.39 is 12.6 Å². The quantitative estimate of drug-likeness (QED) is 0.803. The van der Waals surface area contributed by atoms with Gasteiger partial charge in [-0.2, -0.15) is 13.2 Å². The topological polar surface area (TPSA) is 30.9 Å². The lowest BCUT2D eigenvalue weighted by molar-refractivity contribution is -0.136. The van der Waals surface area contributed by atoms with Gasteiger partial charge in [-0.15, -0.1) is 0 Å². The lowest BCUT2D eigenvalue weighted by Crippen LogP contribution is -2.12. The van der Waals surface area contributed by atoms with Crippen molar-refractivity contribution in [2.45, 2.75) is 26.1 Å². The summed E-state index contributed by atoms with van der Waals surface area (Å²) < 4.78 is 38.3. The number of rotatable bonds is 2. The Bertz CT molecular complexity index is 540. The number of nitrogens with zero attached hydrogens (tertiary/aromatic N) is 1. The molecule has 2 nitrogen and oxygen atoms in total. The third-order valence-electron chi connectivity index (χ3n) is 2.81. The molecule has 0 saturated heterocycles. The zero-order valence-electron chi connectivity index (χ0n) is 9.38. The molecule has 5 heteroatoms. The predicted octanol–water partition coefficient (Wildman–Crippen LogP) is 3.48. The Labute approximate surface area is 96.8 Å². The van der Waals surface area contributed by atoms with Crippen LogP contribution in [0.4, 0.5) is 18.9 Å². The molecule has 0 spiro atoms. The van der Waals surface area contributed by atoms with E-state index in [2.05, 4.69) is 0 Å². The largest absolute Gasteiger partial charge is 0.398 e. The first kappa shape index (κ1) is 11.8. The molecule has 0 bridgehead atoms. The summed E-state index contributed by atoms with van der Waals surface area (Å²) >= 11 is 0. The van der Waals surface area contributed by atoms with Gasteiger partial charge in [-0.25, -0.2) is 0 Å². The van der Waals surface area contributed by atoms with Crippen LogP contribution in [0, 0.1) is 6.92 Å². The first-order chi connectivity index (χ1) is 7.88. The molecule has 1 heterocycles. The van der Waals surface area contributed by atoms with Crippen molar-refractivity contribution in [3.63, 3.8) is 0 Å². The molecule has 0 unspecified atom stereocenters. The molecule has 92 valence electrons. The van der Waals surface area contributed by atoms with Crippen LogP contribution >= 0.6 is 0 Å². The van der Waals surface area contributed by atoms with E-state index in [1.54, 1.807) is 29.7 Å². The Morgan fingerprint density at radius 1 is 1.29 bits per heavy atom. The summed E-state index contributed by atoms with van der Waals surface area (Å²) in [7, 11) is 0. The van der Waals surface area contributed by atoms with E-state index in [1.165, 1.54) is 0 Å². The molecule has 0 aliphatic heterocycles. The van der Waals surface area contributed by atoms with Crippen LogP contribution in [0.15, 0.2) is 24.3 Å². The van der Waals surface area contributed by atoms with Crippen LogP contribution in [-0.2, 0) is 6.54 Å². The normalized spacial score (nSPS) is 12.2. The standard InChI is InChI=1S/C12H13F3N2/c1-8-7-9-10(16)3-2-4-11(9)17(8)6-5-12(13,14)15/h2-4,7H,5-6,16H2,1H3. The van der Waals surface area contributed by atoms with Gasteiger partial charge in [0.2, 0.25) is 0 Å². The molecule has 0 aliphatic rings. The first-order valence-electron chi connectivity index (χ1n) is 5.29. The number of alkyl halides is 3. The minimum absolute atomic E-state index is 0.0672. The maximum absolute atomic E-state index is 12.2. The lowest BCUT2D eigenvalue weighted by atomic mass is 10.2. The molecular formula is C12H13F3N2. The number of fused-ring (bicyclic) bond motifs is 1. The fourth-order valence-electron chi connectivity index (χ4n) is 1.98. The summed E-state index contributed by atoms with van der Waals surface area (Å²) in [6.45, 7) is 1.72. The Morgan fingerprint density at radius 2 is 2.00 bits per heavy atom. The average Bonchev–Trinajstić information content (AvgIpc) is 2.52. The summed E-state index contributed by atoms with van der Waals surface area (Å²) in [6.07, 6.45) is -4.96. The van der Waals surface area contributed by atoms with Crippen molar-refractivity contribution in [3.8, 4) is 0 Å². The van der Waals surface area contributed by atoms with Crippen LogP contribution in [-0.4, -0.2) is 10.7 Å². The molecular weight excluding hydrogens is 229 g/mol. The Kier molecular flexibility index (Phi) is 2.77. The lowest BCUT2D eigenvalue weighted by Gasteiger charge is -2.10. The second kappa shape index (κ2) is 3.98. The molecule has 1 aromatic carbocycles. The van der Waals surface area contributed by atoms with Gasteiger partial charge in [0.1, 0.15) is 0 Å². The van der Waals surface area contributed by atoms with Gasteiger partial charge >= 0.3 is 6.18 Å². The molecule has 0 aliphatic carbocycles. The van der Waals surface area contributed by atoms with Gasteiger partial charge in [-0.05, 0) is 25.1 Å². The maximum Gasteiger partial charge on any atom is 0.390 e. The van der Waals surface area contributed by atoms with Crippen molar-refractivity contribution in [1.82, 2.24) is 4.57 Å². The Hall–Kier alpha value is -1.65. The monoisotopic (exact) mass is 242 g/mol. The van der Waals surface area contributed by atoms with Crippen molar-refractivity contribution in [2.24, 2.45) is 0 Å². The maximum atomic E-state index is 12.2. The summed E-state index contributed by atoms with van der Waals surface area (Å²) in [5.74, 6) is 0. The van der Waals surface area contributed by atoms with Crippen LogP contribution in [0.25, 0.3) is 10.9 Å². The van der Waals surface area contributed by atoms with Crippen LogP contribution in [0.1, 0.15) is 12.1 Å². The minimum atomic E-state index is -4.14. The number of nitrogen functional groups attached to an aromatic ring is 1. The number of anilines is 1. The average molecular weight is 242 g/mol. The highest BCUT2D eigenvalue weighted by Gasteiger charge is 2.27. The number of hydrogen-bond donors (Lipinski definition) is 1. The van der Waals surface area contributed by atoms with E-state index >= 15 is 0 Å². The smallest absolute Gasteiger partial charge is 0.390 e. The SMILES string of the molecule is Cc1cc2c(N)cccc2n1CCC(F)(F)F. The zero-order chi connectivity index (χ0) is 12.6. The predicted molar refractivity (Wildman–Crippen MR) is 61.8 cm³/mol. The van der Waals surface area contributed by atoms with Crippen LogP contribution in [0.3, 0.4) is 0 Å². The van der Waals surface area contributed by atoms with Gasteiger partial charge in [-0.1, -0.05) is 6.07 Å². The number of aryl methyl sites for hydroxylation is 2. The van der Waals surface area contributed by atoms with Gasteiger partial charge in [0.15, 0.2) is 0 Å². The third kappa shape index (κ3) is 2.38. The second-order valence-corrected chi connectivity index (χ2v) is 4.08. The van der Waals surface area contributed by atoms with Gasteiger partial charge in [0.25, 0.3) is 0 Å². The van der Waals surface area contributed by atoms with Crippen molar-refractivity contribution < 1.29 is 13.2 Å². The fraction of sp³-hybridized carbons (Fsp3) is 0.333. The van der Waals surface area contributed by atoms with Gasteiger partial charge in [0.05, 0.1) is 11.9 Å². The third-order valence-corrected chi connectivity index (χ3v) is 2.81. The van der Waals surface area contributed by atoms with Crippen molar-refractivity contribution in [1.29, 1.82) is 0 Å². The Morgan fingerprint density at radius 3 is 2.65 bits per heavy atom. The minimum Gasteiger partial charge on any atom is -0.398 e. The highest BCUT2D eigenvalue weighted by Crippen LogP contribution is 2.27. The second-order valence-electron chi connectivity index (χ2n) is 4.08. The fourth-order valence-corrected chi connectivity index (χ4v) is 1.98. The van der Waals surface area contributed by atoms with E-state index in [0.29, 0.717) is 5.69 Å². The van der Waals surface area contributed by atoms with E-state index in [0.717, 1.165) is 16.6 Å². The molecule has 1 aromatic heterocycles. The summed E-state index contributed by atoms with van der Waals surface area (Å²) in [6, 6.07) is 7.10. The van der Waals surface area contributed by atoms with E-state index in [1.807, 2.05) is 6.07 Å².